The van der Waals surface area contributed by atoms with E-state index in [4.69, 9.17) is 14.2 Å². The molecule has 0 bridgehead atoms. The van der Waals surface area contributed by atoms with Gasteiger partial charge in [-0.2, -0.15) is 0 Å². The van der Waals surface area contributed by atoms with Crippen LogP contribution in [-0.4, -0.2) is 68.5 Å². The Morgan fingerprint density at radius 2 is 1.82 bits per heavy atom. The quantitative estimate of drug-likeness (QED) is 0.595. The summed E-state index contributed by atoms with van der Waals surface area (Å²) in [5, 5.41) is 12.1. The van der Waals surface area contributed by atoms with E-state index in [1.165, 1.54) is 7.11 Å². The lowest BCUT2D eigenvalue weighted by Gasteiger charge is -2.23. The molecular formula is C14H27NO7. The van der Waals surface area contributed by atoms with Gasteiger partial charge in [-0.25, -0.2) is 9.59 Å². The summed E-state index contributed by atoms with van der Waals surface area (Å²) in [7, 11) is 1.48. The van der Waals surface area contributed by atoms with Crippen LogP contribution in [0.2, 0.25) is 0 Å². The molecule has 0 spiro atoms. The van der Waals surface area contributed by atoms with E-state index in [1.807, 2.05) is 0 Å². The molecule has 8 heteroatoms. The van der Waals surface area contributed by atoms with Gasteiger partial charge in [-0.3, -0.25) is 0 Å². The standard InChI is InChI=1S/C14H27NO7/c1-6-21-12(17)11(16)9-20-8-10(7-19-5)15-13(18)22-14(2,3)4/h10-11,16H,6-9H2,1-5H3,(H,15,18). The number of ether oxygens (including phenoxy) is 4. The first-order valence-corrected chi connectivity index (χ1v) is 7.10. The Labute approximate surface area is 131 Å². The van der Waals surface area contributed by atoms with Crippen molar-refractivity contribution in [2.24, 2.45) is 0 Å². The molecular weight excluding hydrogens is 294 g/mol. The van der Waals surface area contributed by atoms with Crippen LogP contribution >= 0.6 is 0 Å². The highest BCUT2D eigenvalue weighted by Gasteiger charge is 2.21. The first kappa shape index (κ1) is 20.6. The largest absolute Gasteiger partial charge is 0.464 e. The second-order valence-electron chi connectivity index (χ2n) is 5.60. The minimum absolute atomic E-state index is 0.0591. The molecule has 1 amide bonds. The monoisotopic (exact) mass is 321 g/mol. The average molecular weight is 321 g/mol. The Balaban J connectivity index is 4.19. The summed E-state index contributed by atoms with van der Waals surface area (Å²) in [6.45, 7) is 7.12. The maximum atomic E-state index is 11.7. The van der Waals surface area contributed by atoms with Crippen molar-refractivity contribution in [2.75, 3.05) is 33.5 Å². The molecule has 0 radical (unpaired) electrons. The number of carbonyl (C=O) groups is 2. The molecule has 0 aromatic heterocycles. The number of hydrogen-bond donors (Lipinski definition) is 2. The number of esters is 1. The van der Waals surface area contributed by atoms with E-state index in [1.54, 1.807) is 27.7 Å². The van der Waals surface area contributed by atoms with Gasteiger partial charge in [0.25, 0.3) is 0 Å². The van der Waals surface area contributed by atoms with Crippen LogP contribution in [0.1, 0.15) is 27.7 Å². The van der Waals surface area contributed by atoms with Crippen molar-refractivity contribution < 1.29 is 33.6 Å². The van der Waals surface area contributed by atoms with Crippen molar-refractivity contribution in [2.45, 2.75) is 45.4 Å². The van der Waals surface area contributed by atoms with Gasteiger partial charge in [-0.15, -0.1) is 0 Å². The first-order chi connectivity index (χ1) is 10.2. The van der Waals surface area contributed by atoms with Crippen LogP contribution in [0, 0.1) is 0 Å². The fourth-order valence-corrected chi connectivity index (χ4v) is 1.44. The van der Waals surface area contributed by atoms with Gasteiger partial charge in [0.05, 0.1) is 32.5 Å². The summed E-state index contributed by atoms with van der Waals surface area (Å²) in [5.74, 6) is -0.745. The fourth-order valence-electron chi connectivity index (χ4n) is 1.44. The molecule has 0 aromatic rings. The number of rotatable bonds is 9. The van der Waals surface area contributed by atoms with Gasteiger partial charge < -0.3 is 29.4 Å². The molecule has 2 N–H and O–H groups in total. The SMILES string of the molecule is CCOC(=O)C(O)COCC(COC)NC(=O)OC(C)(C)C. The summed E-state index contributed by atoms with van der Waals surface area (Å²) in [4.78, 5) is 22.9. The summed E-state index contributed by atoms with van der Waals surface area (Å²) in [6.07, 6.45) is -1.95. The Hall–Kier alpha value is -1.38. The third-order valence-electron chi connectivity index (χ3n) is 2.24. The zero-order chi connectivity index (χ0) is 17.2. The highest BCUT2D eigenvalue weighted by Crippen LogP contribution is 2.07. The maximum absolute atomic E-state index is 11.7. The van der Waals surface area contributed by atoms with E-state index in [0.717, 1.165) is 0 Å². The molecule has 0 aromatic carbocycles. The summed E-state index contributed by atoms with van der Waals surface area (Å²) in [5.41, 5.74) is -0.608. The van der Waals surface area contributed by atoms with Crippen LogP contribution < -0.4 is 5.32 Å². The molecule has 8 nitrogen and oxygen atoms in total. The van der Waals surface area contributed by atoms with Crippen molar-refractivity contribution in [1.29, 1.82) is 0 Å². The van der Waals surface area contributed by atoms with E-state index < -0.39 is 29.8 Å². The molecule has 0 heterocycles. The smallest absolute Gasteiger partial charge is 0.408 e. The lowest BCUT2D eigenvalue weighted by Crippen LogP contribution is -2.44. The highest BCUT2D eigenvalue weighted by molar-refractivity contribution is 5.74. The van der Waals surface area contributed by atoms with Gasteiger partial charge in [0.1, 0.15) is 5.60 Å². The van der Waals surface area contributed by atoms with Gasteiger partial charge in [-0.05, 0) is 27.7 Å². The van der Waals surface area contributed by atoms with Crippen LogP contribution in [0.4, 0.5) is 4.79 Å². The zero-order valence-electron chi connectivity index (χ0n) is 13.9. The van der Waals surface area contributed by atoms with E-state index in [0.29, 0.717) is 0 Å². The summed E-state index contributed by atoms with van der Waals surface area (Å²) >= 11 is 0. The molecule has 130 valence electrons. The second-order valence-corrected chi connectivity index (χ2v) is 5.60. The average Bonchev–Trinajstić information content (AvgIpc) is 2.36. The van der Waals surface area contributed by atoms with E-state index >= 15 is 0 Å². The van der Waals surface area contributed by atoms with E-state index in [-0.39, 0.29) is 26.4 Å². The van der Waals surface area contributed by atoms with Crippen LogP contribution in [0.5, 0.6) is 0 Å². The molecule has 0 saturated heterocycles. The Morgan fingerprint density at radius 1 is 1.18 bits per heavy atom. The van der Waals surface area contributed by atoms with Crippen molar-refractivity contribution >= 4 is 12.1 Å². The second kappa shape index (κ2) is 10.4. The van der Waals surface area contributed by atoms with Gasteiger partial charge in [0.15, 0.2) is 6.10 Å². The third-order valence-corrected chi connectivity index (χ3v) is 2.24. The lowest BCUT2D eigenvalue weighted by atomic mass is 10.2. The number of methoxy groups -OCH3 is 1. The number of carbonyl (C=O) groups excluding carboxylic acids is 2. The van der Waals surface area contributed by atoms with Gasteiger partial charge in [0, 0.05) is 7.11 Å². The number of amides is 1. The molecule has 2 atom stereocenters. The Kier molecular flexibility index (Phi) is 9.71. The minimum Gasteiger partial charge on any atom is -0.464 e. The Bertz CT molecular complexity index is 341. The summed E-state index contributed by atoms with van der Waals surface area (Å²) < 4.78 is 20.0. The summed E-state index contributed by atoms with van der Waals surface area (Å²) in [6, 6.07) is -0.464. The number of nitrogens with one attached hydrogen (secondary N) is 1. The van der Waals surface area contributed by atoms with Crippen molar-refractivity contribution in [3.05, 3.63) is 0 Å². The van der Waals surface area contributed by atoms with Crippen LogP contribution in [0.25, 0.3) is 0 Å². The number of alkyl carbamates (subject to hydrolysis) is 1. The predicted octanol–water partition coefficient (Wildman–Crippen LogP) is 0.467. The normalized spacial score (nSPS) is 14.1. The highest BCUT2D eigenvalue weighted by atomic mass is 16.6. The van der Waals surface area contributed by atoms with Crippen molar-refractivity contribution in [3.63, 3.8) is 0 Å². The predicted molar refractivity (Wildman–Crippen MR) is 78.5 cm³/mol. The van der Waals surface area contributed by atoms with Crippen LogP contribution in [0.3, 0.4) is 0 Å². The maximum Gasteiger partial charge on any atom is 0.408 e. The van der Waals surface area contributed by atoms with Gasteiger partial charge in [-0.1, -0.05) is 0 Å². The lowest BCUT2D eigenvalue weighted by molar-refractivity contribution is -0.156. The number of aliphatic hydroxyl groups excluding tert-OH is 1. The zero-order valence-corrected chi connectivity index (χ0v) is 13.9. The molecule has 0 saturated carbocycles. The molecule has 2 unspecified atom stereocenters. The first-order valence-electron chi connectivity index (χ1n) is 7.10. The molecule has 0 aliphatic heterocycles. The fraction of sp³-hybridized carbons (Fsp3) is 0.857. The minimum atomic E-state index is -1.36. The molecule has 22 heavy (non-hydrogen) atoms. The molecule has 0 aliphatic rings. The molecule has 0 fully saturated rings. The Morgan fingerprint density at radius 3 is 2.32 bits per heavy atom. The number of aliphatic hydroxyl groups is 1. The molecule has 0 rings (SSSR count). The van der Waals surface area contributed by atoms with Gasteiger partial charge >= 0.3 is 12.1 Å². The van der Waals surface area contributed by atoms with E-state index in [9.17, 15) is 14.7 Å². The van der Waals surface area contributed by atoms with E-state index in [2.05, 4.69) is 10.1 Å². The topological polar surface area (TPSA) is 103 Å². The molecule has 0 aliphatic carbocycles. The van der Waals surface area contributed by atoms with Crippen LogP contribution in [0.15, 0.2) is 0 Å². The van der Waals surface area contributed by atoms with Crippen LogP contribution in [-0.2, 0) is 23.7 Å². The van der Waals surface area contributed by atoms with Crippen molar-refractivity contribution in [3.8, 4) is 0 Å². The third kappa shape index (κ3) is 10.4. The van der Waals surface area contributed by atoms with Gasteiger partial charge in [0.2, 0.25) is 0 Å². The van der Waals surface area contributed by atoms with Crippen molar-refractivity contribution in [1.82, 2.24) is 5.32 Å². The number of hydrogen-bond acceptors (Lipinski definition) is 7.